The predicted octanol–water partition coefficient (Wildman–Crippen LogP) is 1.16. The average molecular weight is 293 g/mol. The summed E-state index contributed by atoms with van der Waals surface area (Å²) >= 11 is 0. The maximum Gasteiger partial charge on any atom is 0.233 e. The fourth-order valence-electron chi connectivity index (χ4n) is 2.93. The number of hydrogen-bond donors (Lipinski definition) is 4. The number of aromatic amines is 1. The second kappa shape index (κ2) is 7.10. The number of amides is 1. The summed E-state index contributed by atoms with van der Waals surface area (Å²) in [5, 5.41) is 15.1. The van der Waals surface area contributed by atoms with E-state index in [0.717, 1.165) is 31.4 Å². The van der Waals surface area contributed by atoms with Crippen LogP contribution in [0.4, 0.5) is 0 Å². The Bertz CT molecular complexity index is 476. The Hall–Kier alpha value is -2.05. The number of imidazole rings is 1. The molecule has 0 atom stereocenters. The molecule has 7 heteroatoms. The smallest absolute Gasteiger partial charge is 0.233 e. The zero-order valence-electron chi connectivity index (χ0n) is 12.1. The van der Waals surface area contributed by atoms with Crippen molar-refractivity contribution in [3.8, 4) is 0 Å². The first kappa shape index (κ1) is 15.3. The fraction of sp³-hybridized carbons (Fsp3) is 0.643. The first-order chi connectivity index (χ1) is 10.2. The number of carbonyl (C=O) groups is 1. The van der Waals surface area contributed by atoms with E-state index in [1.165, 1.54) is 0 Å². The molecule has 1 heterocycles. The van der Waals surface area contributed by atoms with Crippen molar-refractivity contribution >= 4 is 11.7 Å². The van der Waals surface area contributed by atoms with Crippen molar-refractivity contribution < 1.29 is 10.0 Å². The minimum absolute atomic E-state index is 0.0310. The zero-order valence-corrected chi connectivity index (χ0v) is 12.1. The Morgan fingerprint density at radius 1 is 1.43 bits per heavy atom. The summed E-state index contributed by atoms with van der Waals surface area (Å²) in [7, 11) is 0. The number of aromatic nitrogens is 2. The molecule has 1 aliphatic rings. The van der Waals surface area contributed by atoms with E-state index in [-0.39, 0.29) is 11.7 Å². The summed E-state index contributed by atoms with van der Waals surface area (Å²) in [6.45, 7) is 0.501. The molecule has 1 saturated carbocycles. The summed E-state index contributed by atoms with van der Waals surface area (Å²) in [6.07, 6.45) is 9.31. The Kier molecular flexibility index (Phi) is 5.19. The number of hydrogen-bond acceptors (Lipinski definition) is 4. The molecule has 0 radical (unpaired) electrons. The summed E-state index contributed by atoms with van der Waals surface area (Å²) < 4.78 is 0. The van der Waals surface area contributed by atoms with Crippen LogP contribution in [0.3, 0.4) is 0 Å². The summed E-state index contributed by atoms with van der Waals surface area (Å²) in [5.41, 5.74) is 5.95. The van der Waals surface area contributed by atoms with Crippen LogP contribution in [0.2, 0.25) is 0 Å². The Labute approximate surface area is 124 Å². The minimum atomic E-state index is -0.862. The van der Waals surface area contributed by atoms with Gasteiger partial charge in [0.2, 0.25) is 5.91 Å². The lowest BCUT2D eigenvalue weighted by Gasteiger charge is -2.29. The lowest BCUT2D eigenvalue weighted by Crippen LogP contribution is -2.50. The van der Waals surface area contributed by atoms with E-state index in [9.17, 15) is 4.79 Å². The fourth-order valence-corrected chi connectivity index (χ4v) is 2.93. The van der Waals surface area contributed by atoms with Crippen molar-refractivity contribution in [2.24, 2.45) is 16.3 Å². The van der Waals surface area contributed by atoms with Crippen molar-refractivity contribution in [1.29, 1.82) is 0 Å². The second-order valence-corrected chi connectivity index (χ2v) is 5.56. The van der Waals surface area contributed by atoms with Gasteiger partial charge in [0.05, 0.1) is 6.33 Å². The van der Waals surface area contributed by atoms with E-state index >= 15 is 0 Å². The molecule has 0 saturated heterocycles. The summed E-state index contributed by atoms with van der Waals surface area (Å²) in [6, 6.07) is 0. The van der Waals surface area contributed by atoms with Crippen LogP contribution in [0.25, 0.3) is 0 Å². The lowest BCUT2D eigenvalue weighted by atomic mass is 9.78. The molecule has 1 aliphatic carbocycles. The van der Waals surface area contributed by atoms with E-state index in [4.69, 9.17) is 10.9 Å². The molecule has 1 aromatic rings. The van der Waals surface area contributed by atoms with Gasteiger partial charge in [0.25, 0.3) is 0 Å². The maximum absolute atomic E-state index is 12.6. The van der Waals surface area contributed by atoms with Crippen molar-refractivity contribution in [1.82, 2.24) is 15.3 Å². The van der Waals surface area contributed by atoms with Crippen LogP contribution in [-0.4, -0.2) is 33.5 Å². The highest BCUT2D eigenvalue weighted by Crippen LogP contribution is 2.35. The average Bonchev–Trinajstić information content (AvgIpc) is 2.88. The van der Waals surface area contributed by atoms with Crippen molar-refractivity contribution in [2.45, 2.75) is 44.9 Å². The Balaban J connectivity index is 2.00. The van der Waals surface area contributed by atoms with Gasteiger partial charge in [0, 0.05) is 24.9 Å². The van der Waals surface area contributed by atoms with Crippen LogP contribution in [0.15, 0.2) is 17.7 Å². The summed E-state index contributed by atoms with van der Waals surface area (Å²) in [5.74, 6) is -0.109. The SMILES string of the molecule is NC(=NO)C1(C(=O)NCCc2cnc[nH]2)CCCCCC1. The van der Waals surface area contributed by atoms with Gasteiger partial charge in [-0.2, -0.15) is 0 Å². The predicted molar refractivity (Wildman–Crippen MR) is 78.8 cm³/mol. The molecule has 1 amide bonds. The van der Waals surface area contributed by atoms with Crippen LogP contribution in [0.5, 0.6) is 0 Å². The van der Waals surface area contributed by atoms with Gasteiger partial charge in [0.15, 0.2) is 5.84 Å². The third-order valence-corrected chi connectivity index (χ3v) is 4.22. The number of nitrogens with zero attached hydrogens (tertiary/aromatic N) is 2. The molecule has 2 rings (SSSR count). The van der Waals surface area contributed by atoms with Gasteiger partial charge >= 0.3 is 0 Å². The van der Waals surface area contributed by atoms with Gasteiger partial charge in [-0.25, -0.2) is 4.98 Å². The van der Waals surface area contributed by atoms with Gasteiger partial charge in [0.1, 0.15) is 5.41 Å². The van der Waals surface area contributed by atoms with Gasteiger partial charge in [-0.05, 0) is 12.8 Å². The highest BCUT2D eigenvalue weighted by atomic mass is 16.4. The molecule has 1 aromatic heterocycles. The highest BCUT2D eigenvalue weighted by molar-refractivity contribution is 6.06. The molecule has 1 fully saturated rings. The number of amidine groups is 1. The third-order valence-electron chi connectivity index (χ3n) is 4.22. The number of nitrogens with two attached hydrogens (primary N) is 1. The van der Waals surface area contributed by atoms with E-state index in [0.29, 0.717) is 25.8 Å². The molecule has 7 nitrogen and oxygen atoms in total. The van der Waals surface area contributed by atoms with Crippen LogP contribution in [-0.2, 0) is 11.2 Å². The van der Waals surface area contributed by atoms with E-state index in [1.807, 2.05) is 0 Å². The molecule has 0 bridgehead atoms. The normalized spacial score (nSPS) is 19.0. The lowest BCUT2D eigenvalue weighted by molar-refractivity contribution is -0.128. The van der Waals surface area contributed by atoms with Gasteiger partial charge in [-0.15, -0.1) is 0 Å². The van der Waals surface area contributed by atoms with Crippen molar-refractivity contribution in [2.75, 3.05) is 6.54 Å². The first-order valence-electron chi connectivity index (χ1n) is 7.42. The van der Waals surface area contributed by atoms with Crippen LogP contribution in [0.1, 0.15) is 44.2 Å². The molecular formula is C14H23N5O2. The highest BCUT2D eigenvalue weighted by Gasteiger charge is 2.42. The molecule has 0 aromatic carbocycles. The van der Waals surface area contributed by atoms with Crippen LogP contribution >= 0.6 is 0 Å². The van der Waals surface area contributed by atoms with Gasteiger partial charge < -0.3 is 21.2 Å². The van der Waals surface area contributed by atoms with Gasteiger partial charge in [-0.1, -0.05) is 30.8 Å². The maximum atomic E-state index is 12.6. The van der Waals surface area contributed by atoms with E-state index < -0.39 is 5.41 Å². The number of carbonyl (C=O) groups excluding carboxylic acids is 1. The molecule has 5 N–H and O–H groups in total. The Morgan fingerprint density at radius 2 is 2.14 bits per heavy atom. The monoisotopic (exact) mass is 293 g/mol. The Morgan fingerprint density at radius 3 is 2.71 bits per heavy atom. The van der Waals surface area contributed by atoms with Crippen molar-refractivity contribution in [3.05, 3.63) is 18.2 Å². The largest absolute Gasteiger partial charge is 0.409 e. The number of oxime groups is 1. The zero-order chi connectivity index (χ0) is 15.1. The molecule has 0 unspecified atom stereocenters. The molecular weight excluding hydrogens is 270 g/mol. The molecule has 0 aliphatic heterocycles. The van der Waals surface area contributed by atoms with Crippen molar-refractivity contribution in [3.63, 3.8) is 0 Å². The minimum Gasteiger partial charge on any atom is -0.409 e. The third kappa shape index (κ3) is 3.53. The second-order valence-electron chi connectivity index (χ2n) is 5.56. The van der Waals surface area contributed by atoms with Crippen LogP contribution < -0.4 is 11.1 Å². The van der Waals surface area contributed by atoms with E-state index in [1.54, 1.807) is 12.5 Å². The molecule has 116 valence electrons. The number of nitrogens with one attached hydrogen (secondary N) is 2. The van der Waals surface area contributed by atoms with E-state index in [2.05, 4.69) is 20.4 Å². The summed E-state index contributed by atoms with van der Waals surface area (Å²) in [4.78, 5) is 19.5. The standard InChI is InChI=1S/C14H23N5O2/c15-12(19-21)14(6-3-1-2-4-7-14)13(20)17-8-5-11-9-16-10-18-11/h9-10,21H,1-8H2,(H2,15,19)(H,16,18)(H,17,20). The molecule has 0 spiro atoms. The molecule has 21 heavy (non-hydrogen) atoms. The number of rotatable bonds is 5. The quantitative estimate of drug-likeness (QED) is 0.214. The topological polar surface area (TPSA) is 116 Å². The number of H-pyrrole nitrogens is 1. The van der Waals surface area contributed by atoms with Gasteiger partial charge in [-0.3, -0.25) is 4.79 Å². The van der Waals surface area contributed by atoms with Crippen LogP contribution in [0, 0.1) is 5.41 Å². The first-order valence-corrected chi connectivity index (χ1v) is 7.42.